The normalized spacial score (nSPS) is 10.8. The quantitative estimate of drug-likeness (QED) is 0.215. The molecule has 2 aromatic carbocycles. The van der Waals surface area contributed by atoms with Gasteiger partial charge in [0.05, 0.1) is 21.8 Å². The number of nitrogens with one attached hydrogen (secondary N) is 1. The topological polar surface area (TPSA) is 80.6 Å². The zero-order valence-corrected chi connectivity index (χ0v) is 18.7. The predicted molar refractivity (Wildman–Crippen MR) is 117 cm³/mol. The van der Waals surface area contributed by atoms with Crippen LogP contribution < -0.4 is 10.2 Å². The lowest BCUT2D eigenvalue weighted by Gasteiger charge is -2.10. The number of pyridine rings is 1. The monoisotopic (exact) mass is 533 g/mol. The molecule has 0 saturated heterocycles. The molecule has 0 aliphatic rings. The number of carbonyl (C=O) groups is 2. The van der Waals surface area contributed by atoms with E-state index < -0.39 is 17.7 Å². The Bertz CT molecular complexity index is 1130. The van der Waals surface area contributed by atoms with Crippen molar-refractivity contribution in [3.05, 3.63) is 91.9 Å². The predicted octanol–water partition coefficient (Wildman–Crippen LogP) is 5.04. The minimum absolute atomic E-state index is 0.0629. The fourth-order valence-corrected chi connectivity index (χ4v) is 3.72. The zero-order valence-electron chi connectivity index (χ0n) is 15.5. The minimum Gasteiger partial charge on any atom is -0.421 e. The molecule has 0 atom stereocenters. The summed E-state index contributed by atoms with van der Waals surface area (Å²) in [6.07, 6.45) is 2.78. The van der Waals surface area contributed by atoms with E-state index in [9.17, 15) is 14.0 Å². The van der Waals surface area contributed by atoms with Crippen LogP contribution in [-0.4, -0.2) is 23.1 Å². The van der Waals surface area contributed by atoms with Crippen molar-refractivity contribution in [3.63, 3.8) is 0 Å². The first-order chi connectivity index (χ1) is 14.3. The van der Waals surface area contributed by atoms with E-state index in [1.54, 1.807) is 24.3 Å². The third-order valence-electron chi connectivity index (χ3n) is 3.84. The lowest BCUT2D eigenvalue weighted by atomic mass is 10.2. The fourth-order valence-electron chi connectivity index (χ4n) is 2.38. The molecule has 6 nitrogen and oxygen atoms in total. The van der Waals surface area contributed by atoms with Crippen LogP contribution in [0.25, 0.3) is 0 Å². The van der Waals surface area contributed by atoms with Crippen LogP contribution in [0, 0.1) is 12.7 Å². The van der Waals surface area contributed by atoms with E-state index in [1.807, 2.05) is 6.92 Å². The summed E-state index contributed by atoms with van der Waals surface area (Å²) in [4.78, 5) is 28.6. The molecule has 3 aromatic rings. The Kier molecular flexibility index (Phi) is 7.07. The number of carbonyl (C=O) groups excluding carboxylic acids is 2. The van der Waals surface area contributed by atoms with Gasteiger partial charge in [0, 0.05) is 21.9 Å². The Morgan fingerprint density at radius 2 is 1.93 bits per heavy atom. The summed E-state index contributed by atoms with van der Waals surface area (Å²) in [5.41, 5.74) is 4.01. The number of ether oxygens (including phenoxy) is 1. The fraction of sp³-hybridized carbons (Fsp3) is 0.0476. The average molecular weight is 535 g/mol. The van der Waals surface area contributed by atoms with Gasteiger partial charge in [0.25, 0.3) is 5.91 Å². The summed E-state index contributed by atoms with van der Waals surface area (Å²) in [5.74, 6) is -1.55. The zero-order chi connectivity index (χ0) is 21.7. The van der Waals surface area contributed by atoms with Crippen molar-refractivity contribution in [1.82, 2.24) is 10.4 Å². The molecule has 0 saturated carbocycles. The van der Waals surface area contributed by atoms with Gasteiger partial charge in [-0.2, -0.15) is 5.10 Å². The van der Waals surface area contributed by atoms with Crippen molar-refractivity contribution < 1.29 is 18.7 Å². The second kappa shape index (κ2) is 9.73. The molecule has 1 amide bonds. The van der Waals surface area contributed by atoms with Crippen molar-refractivity contribution >= 4 is 50.0 Å². The van der Waals surface area contributed by atoms with Crippen molar-refractivity contribution in [3.8, 4) is 5.75 Å². The standard InChI is InChI=1S/C21H14Br2FN3O3/c1-12-5-6-14(10-25-12)20(28)27-26-11-15-7-16(22)9-18(23)19(15)30-21(29)13-3-2-4-17(24)8-13/h2-11H,1H3,(H,27,28). The summed E-state index contributed by atoms with van der Waals surface area (Å²) in [6.45, 7) is 1.82. The highest BCUT2D eigenvalue weighted by atomic mass is 79.9. The molecule has 3 rings (SSSR count). The van der Waals surface area contributed by atoms with Gasteiger partial charge in [-0.05, 0) is 65.3 Å². The molecule has 0 aliphatic carbocycles. The van der Waals surface area contributed by atoms with Gasteiger partial charge < -0.3 is 4.74 Å². The van der Waals surface area contributed by atoms with Gasteiger partial charge in [-0.1, -0.05) is 22.0 Å². The summed E-state index contributed by atoms with van der Waals surface area (Å²) in [6, 6.07) is 11.9. The van der Waals surface area contributed by atoms with Crippen LogP contribution in [0.15, 0.2) is 68.8 Å². The van der Waals surface area contributed by atoms with Gasteiger partial charge in [-0.25, -0.2) is 14.6 Å². The largest absolute Gasteiger partial charge is 0.421 e. The molecule has 0 spiro atoms. The van der Waals surface area contributed by atoms with E-state index in [0.717, 1.165) is 11.8 Å². The van der Waals surface area contributed by atoms with Crippen LogP contribution in [0.3, 0.4) is 0 Å². The number of aromatic nitrogens is 1. The number of amides is 1. The SMILES string of the molecule is Cc1ccc(C(=O)NN=Cc2cc(Br)cc(Br)c2OC(=O)c2cccc(F)c2)cn1. The molecule has 0 bridgehead atoms. The van der Waals surface area contributed by atoms with E-state index in [1.165, 1.54) is 30.6 Å². The first-order valence-corrected chi connectivity index (χ1v) is 10.1. The molecule has 0 fully saturated rings. The Morgan fingerprint density at radius 3 is 2.63 bits per heavy atom. The van der Waals surface area contributed by atoms with E-state index in [0.29, 0.717) is 20.1 Å². The van der Waals surface area contributed by atoms with Gasteiger partial charge >= 0.3 is 5.97 Å². The number of benzene rings is 2. The van der Waals surface area contributed by atoms with Crippen molar-refractivity contribution in [1.29, 1.82) is 0 Å². The maximum atomic E-state index is 13.4. The van der Waals surface area contributed by atoms with Crippen LogP contribution in [-0.2, 0) is 0 Å². The number of rotatable bonds is 5. The highest BCUT2D eigenvalue weighted by molar-refractivity contribution is 9.11. The van der Waals surface area contributed by atoms with Crippen LogP contribution in [0.4, 0.5) is 4.39 Å². The number of hydrogen-bond acceptors (Lipinski definition) is 5. The maximum Gasteiger partial charge on any atom is 0.343 e. The van der Waals surface area contributed by atoms with E-state index in [-0.39, 0.29) is 11.3 Å². The summed E-state index contributed by atoms with van der Waals surface area (Å²) in [5, 5.41) is 3.93. The molecule has 0 radical (unpaired) electrons. The van der Waals surface area contributed by atoms with Crippen LogP contribution in [0.5, 0.6) is 5.75 Å². The molecule has 152 valence electrons. The Balaban J connectivity index is 1.80. The third kappa shape index (κ3) is 5.58. The lowest BCUT2D eigenvalue weighted by molar-refractivity contribution is 0.0732. The highest BCUT2D eigenvalue weighted by Crippen LogP contribution is 2.32. The minimum atomic E-state index is -0.734. The Hall–Kier alpha value is -2.91. The number of halogens is 3. The molecule has 1 N–H and O–H groups in total. The molecule has 0 aliphatic heterocycles. The third-order valence-corrected chi connectivity index (χ3v) is 4.88. The summed E-state index contributed by atoms with van der Waals surface area (Å²) >= 11 is 6.69. The van der Waals surface area contributed by atoms with Gasteiger partial charge in [0.1, 0.15) is 5.82 Å². The van der Waals surface area contributed by atoms with Gasteiger partial charge in [-0.3, -0.25) is 9.78 Å². The maximum absolute atomic E-state index is 13.4. The molecule has 0 unspecified atom stereocenters. The van der Waals surface area contributed by atoms with Crippen LogP contribution in [0.2, 0.25) is 0 Å². The summed E-state index contributed by atoms with van der Waals surface area (Å²) < 4.78 is 20.0. The molecular weight excluding hydrogens is 521 g/mol. The number of hydrogen-bond donors (Lipinski definition) is 1. The van der Waals surface area contributed by atoms with Crippen LogP contribution in [0.1, 0.15) is 32.0 Å². The molecule has 9 heteroatoms. The van der Waals surface area contributed by atoms with Gasteiger partial charge in [-0.15, -0.1) is 0 Å². The van der Waals surface area contributed by atoms with Crippen molar-refractivity contribution in [2.75, 3.05) is 0 Å². The Morgan fingerprint density at radius 1 is 1.13 bits per heavy atom. The second-order valence-electron chi connectivity index (χ2n) is 6.09. The first kappa shape index (κ1) is 21.8. The van der Waals surface area contributed by atoms with E-state index in [2.05, 4.69) is 47.4 Å². The molecule has 1 heterocycles. The van der Waals surface area contributed by atoms with Crippen LogP contribution >= 0.6 is 31.9 Å². The van der Waals surface area contributed by atoms with E-state index in [4.69, 9.17) is 4.74 Å². The second-order valence-corrected chi connectivity index (χ2v) is 7.86. The molecule has 1 aromatic heterocycles. The van der Waals surface area contributed by atoms with E-state index >= 15 is 0 Å². The smallest absolute Gasteiger partial charge is 0.343 e. The number of aryl methyl sites for hydroxylation is 1. The van der Waals surface area contributed by atoms with Gasteiger partial charge in [0.2, 0.25) is 0 Å². The summed E-state index contributed by atoms with van der Waals surface area (Å²) in [7, 11) is 0. The Labute approximate surface area is 188 Å². The van der Waals surface area contributed by atoms with Gasteiger partial charge in [0.15, 0.2) is 5.75 Å². The van der Waals surface area contributed by atoms with Crippen molar-refractivity contribution in [2.45, 2.75) is 6.92 Å². The van der Waals surface area contributed by atoms with Crippen molar-refractivity contribution in [2.24, 2.45) is 5.10 Å². The average Bonchev–Trinajstić information content (AvgIpc) is 2.70. The first-order valence-electron chi connectivity index (χ1n) is 8.56. The molecular formula is C21H14Br2FN3O3. The number of hydrazone groups is 1. The number of esters is 1. The lowest BCUT2D eigenvalue weighted by Crippen LogP contribution is -2.18. The number of nitrogens with zero attached hydrogens (tertiary/aromatic N) is 2. The highest BCUT2D eigenvalue weighted by Gasteiger charge is 2.16. The molecule has 30 heavy (non-hydrogen) atoms.